The van der Waals surface area contributed by atoms with Gasteiger partial charge >= 0.3 is 0 Å². The van der Waals surface area contributed by atoms with Crippen LogP contribution in [0.4, 0.5) is 31.7 Å². The first-order valence-corrected chi connectivity index (χ1v) is 28.7. The average Bonchev–Trinajstić information content (AvgIpc) is 2.76. The molecule has 5 amide bonds. The summed E-state index contributed by atoms with van der Waals surface area (Å²) in [4.78, 5) is 94.7. The molecule has 6 aliphatic heterocycles. The van der Waals surface area contributed by atoms with Crippen LogP contribution in [0, 0.1) is 36.3 Å². The average molecular weight is 1140 g/mol. The second-order valence-electron chi connectivity index (χ2n) is 22.5. The van der Waals surface area contributed by atoms with Crippen molar-refractivity contribution in [3.05, 3.63) is 131 Å². The van der Waals surface area contributed by atoms with Crippen LogP contribution < -0.4 is 26.2 Å². The maximum atomic E-state index is 16.0. The number of fused-ring (bicyclic) bond motifs is 2. The van der Waals surface area contributed by atoms with Gasteiger partial charge in [-0.3, -0.25) is 53.2 Å². The largest absolute Gasteiger partial charge is 0.384 e. The van der Waals surface area contributed by atoms with E-state index in [-0.39, 0.29) is 47.5 Å². The SMILES string of the molecule is Cc1nc2ccc(-c3ccnc(N)c3)nc2n1-c1cc(F)c(N2CCN(C3CN(CC#Cc4ccc(N5CCC(C(=O)N6CCC(n7cc(CNc8cccc9c8C(=O)N(C8CCC(=O)NC8=O)C9=O)cn7)CC6)CC5)cn4)C3)CC2)c(F)c1. The molecule has 0 radical (unpaired) electrons. The van der Waals surface area contributed by atoms with Crippen molar-refractivity contribution in [1.82, 2.24) is 59.2 Å². The summed E-state index contributed by atoms with van der Waals surface area (Å²) in [5.74, 6) is 4.16. The van der Waals surface area contributed by atoms with Crippen molar-refractivity contribution in [1.29, 1.82) is 0 Å². The van der Waals surface area contributed by atoms with Gasteiger partial charge in [-0.1, -0.05) is 12.0 Å². The van der Waals surface area contributed by atoms with E-state index in [1.807, 2.05) is 40.2 Å². The Morgan fingerprint density at radius 3 is 2.32 bits per heavy atom. The van der Waals surface area contributed by atoms with Gasteiger partial charge in [0.1, 0.15) is 34.6 Å². The molecule has 21 nitrogen and oxygen atoms in total. The molecule has 6 aliphatic rings. The van der Waals surface area contributed by atoms with Gasteiger partial charge in [0.15, 0.2) is 17.3 Å². The van der Waals surface area contributed by atoms with Crippen molar-refractivity contribution in [3.8, 4) is 28.8 Å². The number of rotatable bonds is 12. The number of benzene rings is 2. The number of hydrogen-bond donors (Lipinski definition) is 3. The normalized spacial score (nSPS) is 19.4. The fourth-order valence-corrected chi connectivity index (χ4v) is 12.8. The van der Waals surface area contributed by atoms with Gasteiger partial charge in [-0.05, 0) is 93.5 Å². The quantitative estimate of drug-likeness (QED) is 0.106. The van der Waals surface area contributed by atoms with E-state index in [9.17, 15) is 24.0 Å². The number of aromatic nitrogens is 7. The third-order valence-corrected chi connectivity index (χ3v) is 17.3. The molecule has 11 heterocycles. The fraction of sp³-hybridized carbons (Fsp3) is 0.377. The van der Waals surface area contributed by atoms with Crippen LogP contribution >= 0.6 is 0 Å². The number of anilines is 4. The number of imidazole rings is 1. The Bertz CT molecular complexity index is 3780. The number of nitrogens with two attached hydrogens (primary N) is 1. The minimum atomic E-state index is -1.04. The Morgan fingerprint density at radius 2 is 1.58 bits per heavy atom. The van der Waals surface area contributed by atoms with Crippen LogP contribution in [-0.4, -0.2) is 167 Å². The van der Waals surface area contributed by atoms with E-state index in [0.717, 1.165) is 73.6 Å². The first kappa shape index (κ1) is 54.1. The van der Waals surface area contributed by atoms with Crippen molar-refractivity contribution in [2.45, 2.75) is 70.1 Å². The minimum absolute atomic E-state index is 0.0200. The molecule has 13 rings (SSSR count). The third-order valence-electron chi connectivity index (χ3n) is 17.3. The minimum Gasteiger partial charge on any atom is -0.384 e. The lowest BCUT2D eigenvalue weighted by molar-refractivity contribution is -0.138. The first-order valence-electron chi connectivity index (χ1n) is 28.7. The molecule has 7 aromatic rings. The van der Waals surface area contributed by atoms with E-state index < -0.39 is 41.3 Å². The predicted octanol–water partition coefficient (Wildman–Crippen LogP) is 5.19. The van der Waals surface area contributed by atoms with Gasteiger partial charge in [-0.15, -0.1) is 0 Å². The Labute approximate surface area is 482 Å². The summed E-state index contributed by atoms with van der Waals surface area (Å²) in [5, 5.41) is 10.2. The van der Waals surface area contributed by atoms with Crippen LogP contribution in [0.5, 0.6) is 0 Å². The van der Waals surface area contributed by atoms with Crippen LogP contribution in [-0.2, 0) is 20.9 Å². The van der Waals surface area contributed by atoms with E-state index in [1.165, 1.54) is 12.1 Å². The topological polar surface area (TPSA) is 229 Å². The molecule has 4 N–H and O–H groups in total. The molecule has 0 spiro atoms. The number of nitrogens with zero attached hydrogens (tertiary/aromatic N) is 13. The van der Waals surface area contributed by atoms with Gasteiger partial charge in [-0.2, -0.15) is 5.10 Å². The molecule has 1 atom stereocenters. The molecular weight excluding hydrogens is 1070 g/mol. The molecule has 23 heteroatoms. The fourth-order valence-electron chi connectivity index (χ4n) is 12.8. The standard InChI is InChI=1S/C61H62F2N16O5/c1-37-69-51-10-9-49(40-13-18-65-53(64)28-40)70-57(51)78(37)44-29-47(62)56(48(63)30-44)75-26-24-74(25-27-75)45-35-72(36-45)19-3-4-41-7-8-43(33-66-41)73-20-14-39(15-21-73)59(82)76-22-16-42(17-23-76)77-34-38(32-68-77)31-67-50-6-2-5-46-55(50)61(84)79(60(46)83)52-11-12-54(80)71-58(52)81/h2,5-10,13,18,28-30,32-34,39,42,45,52,67H,11-12,14-17,19-27,31,35-36H2,1H3,(H2,64,65)(H,71,80,81). The maximum Gasteiger partial charge on any atom is 0.264 e. The number of halogens is 2. The molecule has 2 aromatic carbocycles. The van der Waals surface area contributed by atoms with Crippen molar-refractivity contribution < 1.29 is 32.8 Å². The molecule has 5 fully saturated rings. The smallest absolute Gasteiger partial charge is 0.264 e. The molecule has 5 aromatic heterocycles. The lowest BCUT2D eigenvalue weighted by atomic mass is 9.93. The number of nitrogens with one attached hydrogen (secondary N) is 2. The summed E-state index contributed by atoms with van der Waals surface area (Å²) >= 11 is 0. The number of carbonyl (C=O) groups excluding carboxylic acids is 5. The number of hydrogen-bond acceptors (Lipinski definition) is 16. The van der Waals surface area contributed by atoms with E-state index >= 15 is 8.78 Å². The number of pyridine rings is 3. The molecule has 0 bridgehead atoms. The van der Waals surface area contributed by atoms with E-state index in [0.29, 0.717) is 104 Å². The second-order valence-corrected chi connectivity index (χ2v) is 22.5. The van der Waals surface area contributed by atoms with Gasteiger partial charge in [0.05, 0.1) is 53.2 Å². The summed E-state index contributed by atoms with van der Waals surface area (Å²) in [6.45, 7) is 9.73. The Kier molecular flexibility index (Phi) is 14.5. The molecule has 1 unspecified atom stereocenters. The van der Waals surface area contributed by atoms with Crippen LogP contribution in [0.2, 0.25) is 0 Å². The van der Waals surface area contributed by atoms with Crippen LogP contribution in [0.25, 0.3) is 28.1 Å². The number of carbonyl (C=O) groups is 5. The van der Waals surface area contributed by atoms with Crippen molar-refractivity contribution in [2.24, 2.45) is 5.92 Å². The lowest BCUT2D eigenvalue weighted by Crippen LogP contribution is -2.63. The number of likely N-dealkylation sites (tertiary alicyclic amines) is 2. The third kappa shape index (κ3) is 10.5. The number of piperidine rings is 3. The maximum absolute atomic E-state index is 16.0. The van der Waals surface area contributed by atoms with Crippen molar-refractivity contribution in [3.63, 3.8) is 0 Å². The highest BCUT2D eigenvalue weighted by molar-refractivity contribution is 6.25. The predicted molar refractivity (Wildman–Crippen MR) is 309 cm³/mol. The summed E-state index contributed by atoms with van der Waals surface area (Å²) < 4.78 is 35.5. The Balaban J connectivity index is 0.526. The molecule has 430 valence electrons. The zero-order valence-electron chi connectivity index (χ0n) is 46.4. The van der Waals surface area contributed by atoms with E-state index in [1.54, 1.807) is 59.1 Å². The molecule has 0 aliphatic carbocycles. The number of amides is 5. The summed E-state index contributed by atoms with van der Waals surface area (Å²) in [6, 6.07) is 18.4. The molecule has 5 saturated heterocycles. The zero-order chi connectivity index (χ0) is 57.8. The van der Waals surface area contributed by atoms with Crippen molar-refractivity contribution >= 4 is 63.6 Å². The summed E-state index contributed by atoms with van der Waals surface area (Å²) in [7, 11) is 0. The number of nitrogen functional groups attached to an aromatic ring is 1. The van der Waals surface area contributed by atoms with Gasteiger partial charge in [0.25, 0.3) is 11.8 Å². The highest BCUT2D eigenvalue weighted by Gasteiger charge is 2.46. The summed E-state index contributed by atoms with van der Waals surface area (Å²) in [6.07, 6.45) is 10.5. The Morgan fingerprint density at radius 1 is 0.798 bits per heavy atom. The first-order chi connectivity index (χ1) is 40.8. The summed E-state index contributed by atoms with van der Waals surface area (Å²) in [5.41, 5.74) is 12.2. The van der Waals surface area contributed by atoms with Crippen LogP contribution in [0.3, 0.4) is 0 Å². The zero-order valence-corrected chi connectivity index (χ0v) is 46.4. The van der Waals surface area contributed by atoms with Gasteiger partial charge < -0.3 is 25.8 Å². The Hall–Kier alpha value is -9.14. The van der Waals surface area contributed by atoms with Gasteiger partial charge in [0.2, 0.25) is 17.7 Å². The lowest BCUT2D eigenvalue weighted by Gasteiger charge is -2.48. The highest BCUT2D eigenvalue weighted by Crippen LogP contribution is 2.35. The van der Waals surface area contributed by atoms with E-state index in [2.05, 4.69) is 63.3 Å². The number of aryl methyl sites for hydroxylation is 1. The number of piperazine rings is 1. The van der Waals surface area contributed by atoms with Crippen LogP contribution in [0.1, 0.15) is 82.4 Å². The van der Waals surface area contributed by atoms with Crippen LogP contribution in [0.15, 0.2) is 91.5 Å². The van der Waals surface area contributed by atoms with Gasteiger partial charge in [0, 0.05) is 132 Å². The molecule has 0 saturated carbocycles. The molecule has 84 heavy (non-hydrogen) atoms. The second kappa shape index (κ2) is 22.6. The monoisotopic (exact) mass is 1140 g/mol. The van der Waals surface area contributed by atoms with E-state index in [4.69, 9.17) is 10.7 Å². The van der Waals surface area contributed by atoms with Gasteiger partial charge in [-0.25, -0.2) is 28.7 Å². The molecular formula is C61H62F2N16O5. The van der Waals surface area contributed by atoms with Crippen molar-refractivity contribution in [2.75, 3.05) is 92.8 Å². The highest BCUT2D eigenvalue weighted by atomic mass is 19.1. The number of imide groups is 2.